The Balaban J connectivity index is 1.22. The van der Waals surface area contributed by atoms with Crippen molar-refractivity contribution in [1.29, 1.82) is 0 Å². The molecule has 7 heteroatoms. The molecule has 0 saturated carbocycles. The van der Waals surface area contributed by atoms with Crippen LogP contribution in [0.15, 0.2) is 97.1 Å². The Morgan fingerprint density at radius 1 is 0.725 bits per heavy atom. The number of carbonyl (C=O) groups excluding carboxylic acids is 2. The molecule has 0 bridgehead atoms. The van der Waals surface area contributed by atoms with Gasteiger partial charge in [-0.25, -0.2) is 0 Å². The minimum absolute atomic E-state index is 0.128. The fourth-order valence-corrected chi connectivity index (χ4v) is 4.91. The maximum absolute atomic E-state index is 13.1. The van der Waals surface area contributed by atoms with Gasteiger partial charge >= 0.3 is 0 Å². The zero-order chi connectivity index (χ0) is 27.9. The summed E-state index contributed by atoms with van der Waals surface area (Å²) in [5.74, 6) is -0.828. The van der Waals surface area contributed by atoms with Gasteiger partial charge in [0.25, 0.3) is 11.8 Å². The molecule has 0 radical (unpaired) electrons. The van der Waals surface area contributed by atoms with Gasteiger partial charge in [0, 0.05) is 49.5 Å². The van der Waals surface area contributed by atoms with Crippen molar-refractivity contribution in [1.82, 2.24) is 4.90 Å². The number of hydrogen-bond donors (Lipinski definition) is 3. The van der Waals surface area contributed by atoms with Crippen LogP contribution >= 0.6 is 0 Å². The first kappa shape index (κ1) is 27.0. The van der Waals surface area contributed by atoms with Crippen LogP contribution < -0.4 is 15.5 Å². The molecule has 7 nitrogen and oxygen atoms in total. The van der Waals surface area contributed by atoms with E-state index in [1.165, 1.54) is 11.6 Å². The zero-order valence-electron chi connectivity index (χ0n) is 22.6. The molecule has 3 N–H and O–H groups in total. The Morgan fingerprint density at radius 2 is 1.40 bits per heavy atom. The van der Waals surface area contributed by atoms with E-state index in [0.29, 0.717) is 16.8 Å². The molecule has 0 spiro atoms. The average Bonchev–Trinajstić information content (AvgIpc) is 3.21. The number of anilines is 3. The topological polar surface area (TPSA) is 84.9 Å². The maximum Gasteiger partial charge on any atom is 0.255 e. The van der Waals surface area contributed by atoms with Gasteiger partial charge in [0.1, 0.15) is 11.4 Å². The van der Waals surface area contributed by atoms with E-state index in [0.717, 1.165) is 50.4 Å². The smallest absolute Gasteiger partial charge is 0.255 e. The summed E-state index contributed by atoms with van der Waals surface area (Å²) in [6.07, 6.45) is 1.07. The Hall–Kier alpha value is -4.62. The number of phenols is 1. The van der Waals surface area contributed by atoms with Crippen molar-refractivity contribution in [2.75, 3.05) is 41.7 Å². The highest BCUT2D eigenvalue weighted by Crippen LogP contribution is 2.32. The van der Waals surface area contributed by atoms with Gasteiger partial charge in [-0.15, -0.1) is 0 Å². The second-order valence-electron chi connectivity index (χ2n) is 10.1. The van der Waals surface area contributed by atoms with Crippen LogP contribution in [0.5, 0.6) is 5.75 Å². The maximum atomic E-state index is 13.1. The number of carbonyl (C=O) groups is 2. The minimum Gasteiger partial charge on any atom is -0.506 e. The predicted octanol–water partition coefficient (Wildman–Crippen LogP) is 5.92. The van der Waals surface area contributed by atoms with Crippen LogP contribution in [-0.2, 0) is 6.54 Å². The zero-order valence-corrected chi connectivity index (χ0v) is 22.6. The summed E-state index contributed by atoms with van der Waals surface area (Å²) in [7, 11) is 0. The van der Waals surface area contributed by atoms with Crippen molar-refractivity contribution < 1.29 is 14.7 Å². The highest BCUT2D eigenvalue weighted by atomic mass is 16.3. The van der Waals surface area contributed by atoms with E-state index in [4.69, 9.17) is 0 Å². The van der Waals surface area contributed by atoms with Gasteiger partial charge in [-0.2, -0.15) is 0 Å². The number of phenolic OH excluding ortho intramolecular Hbond substituents is 1. The Morgan fingerprint density at radius 3 is 2.12 bits per heavy atom. The van der Waals surface area contributed by atoms with Crippen molar-refractivity contribution in [2.45, 2.75) is 19.9 Å². The number of rotatable bonds is 7. The molecule has 0 unspecified atom stereocenters. The van der Waals surface area contributed by atoms with E-state index < -0.39 is 0 Å². The summed E-state index contributed by atoms with van der Waals surface area (Å²) in [6.45, 7) is 6.80. The molecule has 1 aliphatic heterocycles. The fraction of sp³-hybridized carbons (Fsp3) is 0.212. The molecule has 1 heterocycles. The summed E-state index contributed by atoms with van der Waals surface area (Å²) < 4.78 is 0. The lowest BCUT2D eigenvalue weighted by Crippen LogP contribution is -2.30. The molecule has 1 fully saturated rings. The van der Waals surface area contributed by atoms with Crippen molar-refractivity contribution in [3.8, 4) is 5.75 Å². The van der Waals surface area contributed by atoms with Crippen molar-refractivity contribution in [2.24, 2.45) is 0 Å². The van der Waals surface area contributed by atoms with Crippen LogP contribution in [0.3, 0.4) is 0 Å². The molecule has 40 heavy (non-hydrogen) atoms. The van der Waals surface area contributed by atoms with E-state index >= 15 is 0 Å². The number of aryl methyl sites for hydroxylation is 1. The molecule has 4 aromatic rings. The lowest BCUT2D eigenvalue weighted by molar-refractivity contribution is 0.101. The number of benzene rings is 4. The minimum atomic E-state index is -0.371. The van der Waals surface area contributed by atoms with Crippen LogP contribution in [0, 0.1) is 6.92 Å². The van der Waals surface area contributed by atoms with E-state index in [2.05, 4.69) is 44.7 Å². The van der Waals surface area contributed by atoms with Crippen LogP contribution in [0.4, 0.5) is 17.1 Å². The summed E-state index contributed by atoms with van der Waals surface area (Å²) in [6, 6.07) is 30.0. The van der Waals surface area contributed by atoms with E-state index in [-0.39, 0.29) is 23.3 Å². The summed E-state index contributed by atoms with van der Waals surface area (Å²) >= 11 is 0. The van der Waals surface area contributed by atoms with Gasteiger partial charge < -0.3 is 20.6 Å². The summed E-state index contributed by atoms with van der Waals surface area (Å²) in [4.78, 5) is 30.7. The first-order valence-electron chi connectivity index (χ1n) is 13.6. The Labute approximate surface area is 235 Å². The van der Waals surface area contributed by atoms with E-state index in [9.17, 15) is 14.7 Å². The number of aromatic hydroxyl groups is 1. The van der Waals surface area contributed by atoms with E-state index in [1.807, 2.05) is 37.3 Å². The quantitative estimate of drug-likeness (QED) is 0.257. The molecule has 0 atom stereocenters. The van der Waals surface area contributed by atoms with Crippen molar-refractivity contribution >= 4 is 28.9 Å². The van der Waals surface area contributed by atoms with Crippen LogP contribution in [0.25, 0.3) is 0 Å². The predicted molar refractivity (Wildman–Crippen MR) is 160 cm³/mol. The highest BCUT2D eigenvalue weighted by Gasteiger charge is 2.18. The number of nitrogens with one attached hydrogen (secondary N) is 2. The van der Waals surface area contributed by atoms with Gasteiger partial charge in [0.2, 0.25) is 0 Å². The molecular formula is C33H34N4O3. The van der Waals surface area contributed by atoms with Gasteiger partial charge in [-0.3, -0.25) is 14.5 Å². The number of para-hydroxylation sites is 1. The van der Waals surface area contributed by atoms with Crippen molar-refractivity contribution in [3.63, 3.8) is 0 Å². The average molecular weight is 535 g/mol. The Bertz CT molecular complexity index is 1450. The summed E-state index contributed by atoms with van der Waals surface area (Å²) in [5, 5.41) is 16.1. The fourth-order valence-electron chi connectivity index (χ4n) is 4.91. The van der Waals surface area contributed by atoms with Gasteiger partial charge in [-0.05, 0) is 67.4 Å². The molecule has 2 amide bonds. The molecule has 4 aromatic carbocycles. The van der Waals surface area contributed by atoms with Crippen LogP contribution in [0.2, 0.25) is 0 Å². The first-order valence-corrected chi connectivity index (χ1v) is 13.6. The third kappa shape index (κ3) is 6.68. The van der Waals surface area contributed by atoms with Crippen LogP contribution in [-0.4, -0.2) is 48.0 Å². The molecular weight excluding hydrogens is 500 g/mol. The third-order valence-corrected chi connectivity index (χ3v) is 7.18. The van der Waals surface area contributed by atoms with Gasteiger partial charge in [0.15, 0.2) is 0 Å². The molecule has 1 saturated heterocycles. The van der Waals surface area contributed by atoms with Gasteiger partial charge in [0.05, 0.1) is 5.69 Å². The monoisotopic (exact) mass is 534 g/mol. The number of hydrogen-bond acceptors (Lipinski definition) is 5. The second kappa shape index (κ2) is 12.5. The third-order valence-electron chi connectivity index (χ3n) is 7.18. The van der Waals surface area contributed by atoms with Crippen LogP contribution in [0.1, 0.15) is 38.3 Å². The van der Waals surface area contributed by atoms with E-state index in [1.54, 1.807) is 36.4 Å². The number of nitrogens with zero attached hydrogens (tertiary/aromatic N) is 2. The molecule has 0 aliphatic carbocycles. The lowest BCUT2D eigenvalue weighted by atomic mass is 10.1. The Kier molecular flexibility index (Phi) is 8.42. The molecule has 1 aliphatic rings. The lowest BCUT2D eigenvalue weighted by Gasteiger charge is -2.24. The number of amides is 2. The normalized spacial score (nSPS) is 13.9. The largest absolute Gasteiger partial charge is 0.506 e. The molecule has 0 aromatic heterocycles. The second-order valence-corrected chi connectivity index (χ2v) is 10.1. The molecule has 5 rings (SSSR count). The highest BCUT2D eigenvalue weighted by molar-refractivity contribution is 6.11. The first-order chi connectivity index (χ1) is 19.5. The van der Waals surface area contributed by atoms with Gasteiger partial charge in [-0.1, -0.05) is 54.1 Å². The standard InChI is InChI=1S/C33H34N4O3/c1-24-11-13-26(14-12-24)32(39)34-29-9-5-10-30(38)31(29)35-33(40)27-15-17-28(18-16-27)37-20-6-19-36(21-22-37)23-25-7-3-2-4-8-25/h2-5,7-18,38H,6,19-23H2,1H3,(H,34,39)(H,35,40). The van der Waals surface area contributed by atoms with Crippen molar-refractivity contribution in [3.05, 3.63) is 119 Å². The SMILES string of the molecule is Cc1ccc(C(=O)Nc2cccc(O)c2NC(=O)c2ccc(N3CCCN(Cc4ccccc4)CC3)cc2)cc1. The summed E-state index contributed by atoms with van der Waals surface area (Å²) in [5.41, 5.74) is 4.87. The molecule has 204 valence electrons.